The summed E-state index contributed by atoms with van der Waals surface area (Å²) in [6.07, 6.45) is 0. The number of benzene rings is 1. The van der Waals surface area contributed by atoms with Gasteiger partial charge >= 0.3 is 6.03 Å². The lowest BCUT2D eigenvalue weighted by molar-refractivity contribution is -0.122. The summed E-state index contributed by atoms with van der Waals surface area (Å²) in [5, 5.41) is 8.76. The second-order valence-corrected chi connectivity index (χ2v) is 4.55. The Labute approximate surface area is 112 Å². The maximum atomic E-state index is 12.2. The van der Waals surface area contributed by atoms with Crippen molar-refractivity contribution in [1.82, 2.24) is 4.90 Å². The van der Waals surface area contributed by atoms with Gasteiger partial charge in [-0.25, -0.2) is 9.69 Å². The van der Waals surface area contributed by atoms with Gasteiger partial charge in [0, 0.05) is 13.1 Å². The molecule has 1 aliphatic heterocycles. The van der Waals surface area contributed by atoms with Crippen LogP contribution in [0.5, 0.6) is 0 Å². The van der Waals surface area contributed by atoms with Crippen LogP contribution in [0.1, 0.15) is 19.4 Å². The van der Waals surface area contributed by atoms with E-state index in [2.05, 4.69) is 0 Å². The maximum Gasteiger partial charge on any atom is 0.331 e. The molecule has 0 saturated carbocycles. The Morgan fingerprint density at radius 1 is 1.32 bits per heavy atom. The van der Waals surface area contributed by atoms with E-state index in [1.165, 1.54) is 4.90 Å². The van der Waals surface area contributed by atoms with Gasteiger partial charge in [-0.1, -0.05) is 6.92 Å². The molecule has 5 heteroatoms. The molecular formula is C14H15N3O2. The number of urea groups is 1. The minimum absolute atomic E-state index is 0.195. The minimum Gasteiger partial charge on any atom is -0.323 e. The molecule has 19 heavy (non-hydrogen) atoms. The molecule has 1 unspecified atom stereocenters. The highest BCUT2D eigenvalue weighted by Gasteiger charge is 2.36. The molecule has 0 radical (unpaired) electrons. The number of hydrogen-bond acceptors (Lipinski definition) is 3. The highest BCUT2D eigenvalue weighted by molar-refractivity contribution is 6.16. The van der Waals surface area contributed by atoms with E-state index in [9.17, 15) is 9.59 Å². The molecule has 0 spiro atoms. The van der Waals surface area contributed by atoms with Crippen molar-refractivity contribution >= 4 is 17.6 Å². The molecule has 3 amide bonds. The fourth-order valence-corrected chi connectivity index (χ4v) is 2.13. The van der Waals surface area contributed by atoms with E-state index in [4.69, 9.17) is 5.26 Å². The van der Waals surface area contributed by atoms with Gasteiger partial charge in [-0.15, -0.1) is 0 Å². The van der Waals surface area contributed by atoms with Gasteiger partial charge in [-0.2, -0.15) is 5.26 Å². The zero-order chi connectivity index (χ0) is 14.0. The standard InChI is InChI=1S/C14H15N3O2/c1-3-16-9-10(2)13(18)17(14(16)19)12-6-4-11(8-15)5-7-12/h4-7,10H,3,9H2,1-2H3. The first kappa shape index (κ1) is 13.1. The van der Waals surface area contributed by atoms with Crippen molar-refractivity contribution in [2.24, 2.45) is 5.92 Å². The lowest BCUT2D eigenvalue weighted by atomic mass is 10.1. The van der Waals surface area contributed by atoms with Gasteiger partial charge in [0.05, 0.1) is 23.2 Å². The second-order valence-electron chi connectivity index (χ2n) is 4.55. The molecule has 1 aromatic rings. The normalized spacial score (nSPS) is 19.5. The van der Waals surface area contributed by atoms with Gasteiger partial charge in [-0.05, 0) is 31.2 Å². The molecule has 1 fully saturated rings. The van der Waals surface area contributed by atoms with E-state index in [1.54, 1.807) is 29.2 Å². The second kappa shape index (κ2) is 5.11. The van der Waals surface area contributed by atoms with E-state index in [0.29, 0.717) is 24.3 Å². The zero-order valence-corrected chi connectivity index (χ0v) is 11.0. The number of hydrogen-bond donors (Lipinski definition) is 0. The zero-order valence-electron chi connectivity index (χ0n) is 11.0. The largest absolute Gasteiger partial charge is 0.331 e. The summed E-state index contributed by atoms with van der Waals surface area (Å²) < 4.78 is 0. The Kier molecular flexibility index (Phi) is 3.52. The van der Waals surface area contributed by atoms with Gasteiger partial charge in [0.1, 0.15) is 0 Å². The summed E-state index contributed by atoms with van der Waals surface area (Å²) in [6.45, 7) is 4.73. The van der Waals surface area contributed by atoms with Crippen molar-refractivity contribution in [1.29, 1.82) is 5.26 Å². The molecule has 2 rings (SSSR count). The third kappa shape index (κ3) is 2.29. The van der Waals surface area contributed by atoms with Crippen molar-refractivity contribution in [3.05, 3.63) is 29.8 Å². The molecular weight excluding hydrogens is 242 g/mol. The predicted octanol–water partition coefficient (Wildman–Crippen LogP) is 1.98. The summed E-state index contributed by atoms with van der Waals surface area (Å²) >= 11 is 0. The van der Waals surface area contributed by atoms with Crippen LogP contribution in [0.15, 0.2) is 24.3 Å². The van der Waals surface area contributed by atoms with E-state index < -0.39 is 0 Å². The van der Waals surface area contributed by atoms with Crippen molar-refractivity contribution in [3.63, 3.8) is 0 Å². The van der Waals surface area contributed by atoms with Gasteiger partial charge in [0.2, 0.25) is 5.91 Å². The van der Waals surface area contributed by atoms with E-state index >= 15 is 0 Å². The first-order valence-corrected chi connectivity index (χ1v) is 6.21. The Morgan fingerprint density at radius 2 is 1.95 bits per heavy atom. The Morgan fingerprint density at radius 3 is 2.47 bits per heavy atom. The third-order valence-corrected chi connectivity index (χ3v) is 3.23. The average molecular weight is 257 g/mol. The van der Waals surface area contributed by atoms with Crippen molar-refractivity contribution in [2.45, 2.75) is 13.8 Å². The Hall–Kier alpha value is -2.35. The van der Waals surface area contributed by atoms with Crippen LogP contribution in [0, 0.1) is 17.2 Å². The van der Waals surface area contributed by atoms with E-state index in [1.807, 2.05) is 19.9 Å². The lowest BCUT2D eigenvalue weighted by Gasteiger charge is -2.36. The summed E-state index contributed by atoms with van der Waals surface area (Å²) in [7, 11) is 0. The summed E-state index contributed by atoms with van der Waals surface area (Å²) in [4.78, 5) is 27.2. The topological polar surface area (TPSA) is 64.4 Å². The van der Waals surface area contributed by atoms with Gasteiger partial charge < -0.3 is 4.90 Å². The van der Waals surface area contributed by atoms with Gasteiger partial charge in [0.15, 0.2) is 0 Å². The molecule has 0 N–H and O–H groups in total. The molecule has 1 heterocycles. The lowest BCUT2D eigenvalue weighted by Crippen LogP contribution is -2.56. The van der Waals surface area contributed by atoms with Gasteiger partial charge in [-0.3, -0.25) is 4.79 Å². The van der Waals surface area contributed by atoms with Crippen LogP contribution in [-0.2, 0) is 4.79 Å². The van der Waals surface area contributed by atoms with Crippen LogP contribution in [0.4, 0.5) is 10.5 Å². The van der Waals surface area contributed by atoms with Crippen molar-refractivity contribution in [2.75, 3.05) is 18.0 Å². The monoisotopic (exact) mass is 257 g/mol. The van der Waals surface area contributed by atoms with Crippen molar-refractivity contribution < 1.29 is 9.59 Å². The average Bonchev–Trinajstić information content (AvgIpc) is 2.44. The smallest absolute Gasteiger partial charge is 0.323 e. The van der Waals surface area contributed by atoms with Crippen LogP contribution in [0.3, 0.4) is 0 Å². The van der Waals surface area contributed by atoms with Gasteiger partial charge in [0.25, 0.3) is 0 Å². The minimum atomic E-state index is -0.296. The predicted molar refractivity (Wildman–Crippen MR) is 70.5 cm³/mol. The highest BCUT2D eigenvalue weighted by Crippen LogP contribution is 2.23. The van der Waals surface area contributed by atoms with Crippen LogP contribution in [0.2, 0.25) is 0 Å². The molecule has 1 aliphatic rings. The molecule has 0 aromatic heterocycles. The number of anilines is 1. The van der Waals surface area contributed by atoms with Crippen LogP contribution >= 0.6 is 0 Å². The quantitative estimate of drug-likeness (QED) is 0.813. The van der Waals surface area contributed by atoms with Crippen molar-refractivity contribution in [3.8, 4) is 6.07 Å². The molecule has 1 aromatic carbocycles. The molecule has 98 valence electrons. The number of rotatable bonds is 2. The number of carbonyl (C=O) groups is 2. The SMILES string of the molecule is CCN1CC(C)C(=O)N(c2ccc(C#N)cc2)C1=O. The first-order chi connectivity index (χ1) is 9.08. The number of amides is 3. The van der Waals surface area contributed by atoms with E-state index in [0.717, 1.165) is 0 Å². The summed E-state index contributed by atoms with van der Waals surface area (Å²) in [5.74, 6) is -0.410. The third-order valence-electron chi connectivity index (χ3n) is 3.23. The fourth-order valence-electron chi connectivity index (χ4n) is 2.13. The molecule has 0 aliphatic carbocycles. The summed E-state index contributed by atoms with van der Waals surface area (Å²) in [6, 6.07) is 8.17. The number of nitrogens with zero attached hydrogens (tertiary/aromatic N) is 3. The van der Waals surface area contributed by atoms with Crippen LogP contribution < -0.4 is 4.90 Å². The number of nitriles is 1. The number of carbonyl (C=O) groups excluding carboxylic acids is 2. The fraction of sp³-hybridized carbons (Fsp3) is 0.357. The van der Waals surface area contributed by atoms with E-state index in [-0.39, 0.29) is 17.9 Å². The Bertz CT molecular complexity index is 545. The highest BCUT2D eigenvalue weighted by atomic mass is 16.2. The first-order valence-electron chi connectivity index (χ1n) is 6.21. The molecule has 0 bridgehead atoms. The van der Waals surface area contributed by atoms with Crippen LogP contribution in [-0.4, -0.2) is 29.9 Å². The maximum absolute atomic E-state index is 12.2. The molecule has 1 saturated heterocycles. The summed E-state index contributed by atoms with van der Waals surface area (Å²) in [5.41, 5.74) is 1.01. The molecule has 5 nitrogen and oxygen atoms in total. The number of imide groups is 1. The molecule has 1 atom stereocenters. The van der Waals surface area contributed by atoms with Crippen LogP contribution in [0.25, 0.3) is 0 Å². The Balaban J connectivity index is 2.36.